The van der Waals surface area contributed by atoms with Crippen molar-refractivity contribution in [3.05, 3.63) is 36.9 Å². The summed E-state index contributed by atoms with van der Waals surface area (Å²) in [6, 6.07) is 8.35. The van der Waals surface area contributed by atoms with Crippen molar-refractivity contribution in [3.63, 3.8) is 0 Å². The van der Waals surface area contributed by atoms with Gasteiger partial charge < -0.3 is 14.2 Å². The molecule has 2 aromatic rings. The summed E-state index contributed by atoms with van der Waals surface area (Å²) in [7, 11) is 0. The minimum atomic E-state index is 0.0395. The topological polar surface area (TPSA) is 38.5 Å². The van der Waals surface area contributed by atoms with E-state index >= 15 is 0 Å². The van der Waals surface area contributed by atoms with Gasteiger partial charge in [0.05, 0.1) is 17.5 Å². The van der Waals surface area contributed by atoms with Crippen LogP contribution in [-0.4, -0.2) is 30.5 Å². The van der Waals surface area contributed by atoms with E-state index in [2.05, 4.69) is 29.6 Å². The number of ether oxygens (including phenoxy) is 1. The second-order valence-electron chi connectivity index (χ2n) is 6.54. The van der Waals surface area contributed by atoms with Gasteiger partial charge in [0.25, 0.3) is 0 Å². The zero-order valence-electron chi connectivity index (χ0n) is 14.6. The Bertz CT molecular complexity index is 652. The molecule has 3 rings (SSSR count). The summed E-state index contributed by atoms with van der Waals surface area (Å²) in [6.45, 7) is 8.02. The molecule has 0 saturated carbocycles. The number of benzene rings is 1. The largest absolute Gasteiger partial charge is 0.372 e. The van der Waals surface area contributed by atoms with E-state index in [9.17, 15) is 0 Å². The second kappa shape index (κ2) is 8.34. The molecule has 130 valence electrons. The lowest BCUT2D eigenvalue weighted by molar-refractivity contribution is 0.0569. The van der Waals surface area contributed by atoms with Crippen LogP contribution < -0.4 is 4.90 Å². The Morgan fingerprint density at radius 2 is 2.25 bits per heavy atom. The first-order valence-corrected chi connectivity index (χ1v) is 9.20. The minimum absolute atomic E-state index is 0.0395. The van der Waals surface area contributed by atoms with Gasteiger partial charge in [-0.25, -0.2) is 0 Å². The molecule has 1 aromatic heterocycles. The van der Waals surface area contributed by atoms with Crippen LogP contribution in [0.1, 0.15) is 45.4 Å². The van der Waals surface area contributed by atoms with Gasteiger partial charge in [-0.2, -0.15) is 0 Å². The first-order valence-electron chi connectivity index (χ1n) is 9.20. The molecule has 24 heavy (non-hydrogen) atoms. The monoisotopic (exact) mass is 328 g/mol. The fourth-order valence-electron chi connectivity index (χ4n) is 3.55. The van der Waals surface area contributed by atoms with Crippen LogP contribution in [0.5, 0.6) is 0 Å². The standard InChI is InChI=1S/C20H28N2O2/c1-3-5-10-15-23-18(4-2)17-12-8-9-14-22(17)20-16-11-6-7-13-19(16)24-21-20/h4,6-7,11,13,17-18H,2-3,5,8-10,12,14-15H2,1H3. The van der Waals surface area contributed by atoms with Crippen LogP contribution in [0.4, 0.5) is 5.82 Å². The molecule has 1 fully saturated rings. The molecule has 0 aliphatic carbocycles. The third kappa shape index (κ3) is 3.64. The Hall–Kier alpha value is -1.81. The molecule has 0 spiro atoms. The maximum absolute atomic E-state index is 6.16. The van der Waals surface area contributed by atoms with Gasteiger partial charge in [-0.15, -0.1) is 6.58 Å². The minimum Gasteiger partial charge on any atom is -0.372 e. The van der Waals surface area contributed by atoms with E-state index in [1.807, 2.05) is 24.3 Å². The number of rotatable bonds is 8. The van der Waals surface area contributed by atoms with Gasteiger partial charge in [0.2, 0.25) is 0 Å². The average molecular weight is 328 g/mol. The normalized spacial score (nSPS) is 19.5. The predicted molar refractivity (Wildman–Crippen MR) is 98.5 cm³/mol. The molecule has 1 aliphatic heterocycles. The molecule has 1 saturated heterocycles. The Morgan fingerprint density at radius 1 is 1.38 bits per heavy atom. The summed E-state index contributed by atoms with van der Waals surface area (Å²) in [4.78, 5) is 2.36. The molecule has 4 nitrogen and oxygen atoms in total. The van der Waals surface area contributed by atoms with Gasteiger partial charge in [-0.1, -0.05) is 43.1 Å². The third-order valence-corrected chi connectivity index (χ3v) is 4.85. The molecule has 2 heterocycles. The van der Waals surface area contributed by atoms with Crippen LogP contribution in [0.25, 0.3) is 11.0 Å². The summed E-state index contributed by atoms with van der Waals surface area (Å²) in [5.41, 5.74) is 0.843. The number of aromatic nitrogens is 1. The molecule has 0 amide bonds. The fraction of sp³-hybridized carbons (Fsp3) is 0.550. The Morgan fingerprint density at radius 3 is 3.08 bits per heavy atom. The van der Waals surface area contributed by atoms with E-state index in [1.165, 1.54) is 25.7 Å². The molecule has 4 heteroatoms. The molecule has 1 aliphatic rings. The zero-order chi connectivity index (χ0) is 16.8. The van der Waals surface area contributed by atoms with Gasteiger partial charge in [-0.3, -0.25) is 0 Å². The van der Waals surface area contributed by atoms with Crippen molar-refractivity contribution in [1.29, 1.82) is 0 Å². The maximum atomic E-state index is 6.16. The highest BCUT2D eigenvalue weighted by atomic mass is 16.5. The Labute approximate surface area is 144 Å². The lowest BCUT2D eigenvalue weighted by Gasteiger charge is -2.39. The molecule has 1 aromatic carbocycles. The number of para-hydroxylation sites is 1. The number of anilines is 1. The Kier molecular flexibility index (Phi) is 5.91. The highest BCUT2D eigenvalue weighted by Gasteiger charge is 2.31. The predicted octanol–water partition coefficient (Wildman–Crippen LogP) is 4.95. The first-order chi connectivity index (χ1) is 11.8. The molecule has 0 N–H and O–H groups in total. The Balaban J connectivity index is 1.78. The SMILES string of the molecule is C=CC(OCCCCC)C1CCCCN1c1noc2ccccc12. The summed E-state index contributed by atoms with van der Waals surface area (Å²) < 4.78 is 11.7. The van der Waals surface area contributed by atoms with Crippen LogP contribution in [0.2, 0.25) is 0 Å². The van der Waals surface area contributed by atoms with Gasteiger partial charge in [0.15, 0.2) is 11.4 Å². The third-order valence-electron chi connectivity index (χ3n) is 4.85. The highest BCUT2D eigenvalue weighted by molar-refractivity contribution is 5.88. The zero-order valence-corrected chi connectivity index (χ0v) is 14.6. The summed E-state index contributed by atoms with van der Waals surface area (Å²) in [5.74, 6) is 0.944. The summed E-state index contributed by atoms with van der Waals surface area (Å²) in [6.07, 6.45) is 9.03. The number of hydrogen-bond acceptors (Lipinski definition) is 4. The molecule has 2 atom stereocenters. The lowest BCUT2D eigenvalue weighted by atomic mass is 9.96. The molecular formula is C20H28N2O2. The van der Waals surface area contributed by atoms with Gasteiger partial charge in [0.1, 0.15) is 0 Å². The number of unbranched alkanes of at least 4 members (excludes halogenated alkanes) is 2. The van der Waals surface area contributed by atoms with Crippen molar-refractivity contribution in [2.24, 2.45) is 0 Å². The van der Waals surface area contributed by atoms with E-state index in [-0.39, 0.29) is 12.1 Å². The maximum Gasteiger partial charge on any atom is 0.180 e. The van der Waals surface area contributed by atoms with Crippen molar-refractivity contribution >= 4 is 16.8 Å². The van der Waals surface area contributed by atoms with E-state index in [4.69, 9.17) is 9.26 Å². The lowest BCUT2D eigenvalue weighted by Crippen LogP contribution is -2.47. The summed E-state index contributed by atoms with van der Waals surface area (Å²) in [5, 5.41) is 5.44. The van der Waals surface area contributed by atoms with Crippen molar-refractivity contribution in [1.82, 2.24) is 5.16 Å². The van der Waals surface area contributed by atoms with Gasteiger partial charge >= 0.3 is 0 Å². The summed E-state index contributed by atoms with van der Waals surface area (Å²) >= 11 is 0. The molecule has 0 radical (unpaired) electrons. The van der Waals surface area contributed by atoms with E-state index in [1.54, 1.807) is 0 Å². The highest BCUT2D eigenvalue weighted by Crippen LogP contribution is 2.32. The van der Waals surface area contributed by atoms with E-state index in [0.717, 1.165) is 42.8 Å². The van der Waals surface area contributed by atoms with Crippen molar-refractivity contribution in [2.45, 2.75) is 57.6 Å². The quantitative estimate of drug-likeness (QED) is 0.508. The average Bonchev–Trinajstić information content (AvgIpc) is 3.06. The number of hydrogen-bond donors (Lipinski definition) is 0. The number of fused-ring (bicyclic) bond motifs is 1. The van der Waals surface area contributed by atoms with Crippen molar-refractivity contribution < 1.29 is 9.26 Å². The van der Waals surface area contributed by atoms with Crippen LogP contribution in [0.15, 0.2) is 41.4 Å². The smallest absolute Gasteiger partial charge is 0.180 e. The van der Waals surface area contributed by atoms with Gasteiger partial charge in [0, 0.05) is 13.2 Å². The van der Waals surface area contributed by atoms with Crippen LogP contribution >= 0.6 is 0 Å². The number of nitrogens with zero attached hydrogens (tertiary/aromatic N) is 2. The van der Waals surface area contributed by atoms with E-state index < -0.39 is 0 Å². The van der Waals surface area contributed by atoms with Crippen molar-refractivity contribution in [3.8, 4) is 0 Å². The molecule has 0 bridgehead atoms. The van der Waals surface area contributed by atoms with Crippen LogP contribution in [0, 0.1) is 0 Å². The van der Waals surface area contributed by atoms with Crippen LogP contribution in [-0.2, 0) is 4.74 Å². The van der Waals surface area contributed by atoms with Crippen LogP contribution in [0.3, 0.4) is 0 Å². The first kappa shape index (κ1) is 17.0. The van der Waals surface area contributed by atoms with Crippen molar-refractivity contribution in [2.75, 3.05) is 18.1 Å². The molecular weight excluding hydrogens is 300 g/mol. The molecule has 2 unspecified atom stereocenters. The second-order valence-corrected chi connectivity index (χ2v) is 6.54. The fourth-order valence-corrected chi connectivity index (χ4v) is 3.55. The number of piperidine rings is 1. The van der Waals surface area contributed by atoms with E-state index in [0.29, 0.717) is 0 Å². The van der Waals surface area contributed by atoms with Gasteiger partial charge in [-0.05, 0) is 37.8 Å².